The maximum atomic E-state index is 10.5. The van der Waals surface area contributed by atoms with E-state index in [9.17, 15) is 10.2 Å². The summed E-state index contributed by atoms with van der Waals surface area (Å²) in [6.07, 6.45) is 0.405. The zero-order valence-corrected chi connectivity index (χ0v) is 15.0. The lowest BCUT2D eigenvalue weighted by atomic mass is 10.2. The molecule has 0 amide bonds. The smallest absolute Gasteiger partial charge is 0.108 e. The van der Waals surface area contributed by atoms with E-state index in [1.165, 1.54) is 10.8 Å². The Balaban J connectivity index is 1.44. The number of fused-ring (bicyclic) bond motifs is 3. The Morgan fingerprint density at radius 3 is 2.07 bits per heavy atom. The molecule has 4 rings (SSSR count). The minimum absolute atomic E-state index is 0.348. The normalized spacial score (nSPS) is 13.9. The Labute approximate surface area is 157 Å². The molecule has 0 saturated carbocycles. The Morgan fingerprint density at radius 2 is 1.44 bits per heavy atom. The first-order valence-electron chi connectivity index (χ1n) is 9.18. The molecule has 0 aliphatic heterocycles. The molecular formula is C22H23N3O2. The van der Waals surface area contributed by atoms with E-state index in [4.69, 9.17) is 0 Å². The first-order chi connectivity index (χ1) is 13.2. The van der Waals surface area contributed by atoms with E-state index in [0.29, 0.717) is 25.3 Å². The van der Waals surface area contributed by atoms with Gasteiger partial charge in [0, 0.05) is 41.1 Å². The second-order valence-corrected chi connectivity index (χ2v) is 6.73. The van der Waals surface area contributed by atoms with E-state index >= 15 is 0 Å². The predicted molar refractivity (Wildman–Crippen MR) is 108 cm³/mol. The van der Waals surface area contributed by atoms with Crippen LogP contribution in [-0.2, 0) is 6.54 Å². The number of rotatable bonds is 7. The number of aliphatic hydroxyl groups excluding tert-OH is 2. The van der Waals surface area contributed by atoms with Gasteiger partial charge in [0.25, 0.3) is 0 Å². The molecule has 4 aromatic rings. The van der Waals surface area contributed by atoms with Crippen molar-refractivity contribution < 1.29 is 10.2 Å². The molecule has 3 N–H and O–H groups in total. The molecule has 0 aliphatic rings. The maximum absolute atomic E-state index is 10.5. The first kappa shape index (κ1) is 17.7. The minimum Gasteiger partial charge on any atom is -0.390 e. The van der Waals surface area contributed by atoms with Crippen LogP contribution in [0.2, 0.25) is 0 Å². The molecule has 27 heavy (non-hydrogen) atoms. The molecule has 2 aromatic heterocycles. The van der Waals surface area contributed by atoms with Gasteiger partial charge in [-0.25, -0.2) is 0 Å². The molecule has 2 atom stereocenters. The Hall–Kier alpha value is -2.73. The van der Waals surface area contributed by atoms with Crippen molar-refractivity contribution in [2.45, 2.75) is 18.8 Å². The average Bonchev–Trinajstić information content (AvgIpc) is 3.03. The molecule has 0 spiro atoms. The summed E-state index contributed by atoms with van der Waals surface area (Å²) < 4.78 is 2.16. The first-order valence-corrected chi connectivity index (χ1v) is 9.18. The number of nitrogens with one attached hydrogen (secondary N) is 1. The second-order valence-electron chi connectivity index (χ2n) is 6.73. The standard InChI is InChI=1S/C22H23N3O2/c26-16(13-23-14-22(27)19-9-5-6-12-24-19)15-25-20-10-3-1-7-17(20)18-8-2-4-11-21(18)25/h1-12,16,22-23,26-27H,13-15H2. The van der Waals surface area contributed by atoms with Gasteiger partial charge in [-0.15, -0.1) is 0 Å². The number of hydrogen-bond donors (Lipinski definition) is 3. The summed E-state index contributed by atoms with van der Waals surface area (Å²) >= 11 is 0. The summed E-state index contributed by atoms with van der Waals surface area (Å²) in [5.74, 6) is 0. The Morgan fingerprint density at radius 1 is 0.815 bits per heavy atom. The number of para-hydroxylation sites is 2. The van der Waals surface area contributed by atoms with Crippen LogP contribution in [0.1, 0.15) is 11.8 Å². The summed E-state index contributed by atoms with van der Waals surface area (Å²) in [5.41, 5.74) is 2.86. The molecule has 0 aliphatic carbocycles. The number of aliphatic hydroxyl groups is 2. The molecule has 0 fully saturated rings. The molecule has 2 heterocycles. The second kappa shape index (κ2) is 7.88. The molecule has 0 bridgehead atoms. The summed E-state index contributed by atoms with van der Waals surface area (Å²) in [7, 11) is 0. The van der Waals surface area contributed by atoms with Crippen LogP contribution in [0.25, 0.3) is 21.8 Å². The van der Waals surface area contributed by atoms with E-state index in [2.05, 4.69) is 39.1 Å². The molecule has 0 radical (unpaired) electrons. The van der Waals surface area contributed by atoms with Crippen molar-refractivity contribution in [1.29, 1.82) is 0 Å². The van der Waals surface area contributed by atoms with Crippen LogP contribution in [0.3, 0.4) is 0 Å². The van der Waals surface area contributed by atoms with E-state index in [1.807, 2.05) is 36.4 Å². The van der Waals surface area contributed by atoms with Crippen molar-refractivity contribution in [3.63, 3.8) is 0 Å². The van der Waals surface area contributed by atoms with Gasteiger partial charge in [0.1, 0.15) is 6.10 Å². The Bertz CT molecular complexity index is 976. The topological polar surface area (TPSA) is 70.3 Å². The highest BCUT2D eigenvalue weighted by Crippen LogP contribution is 2.28. The fraction of sp³-hybridized carbons (Fsp3) is 0.227. The van der Waals surface area contributed by atoms with Crippen LogP contribution >= 0.6 is 0 Å². The summed E-state index contributed by atoms with van der Waals surface area (Å²) in [6, 6.07) is 22.0. The largest absolute Gasteiger partial charge is 0.390 e. The summed E-state index contributed by atoms with van der Waals surface area (Å²) in [5, 5.41) is 26.2. The van der Waals surface area contributed by atoms with Gasteiger partial charge in [-0.3, -0.25) is 4.98 Å². The van der Waals surface area contributed by atoms with Crippen molar-refractivity contribution in [2.75, 3.05) is 13.1 Å². The van der Waals surface area contributed by atoms with Crippen molar-refractivity contribution >= 4 is 21.8 Å². The van der Waals surface area contributed by atoms with Crippen molar-refractivity contribution in [3.05, 3.63) is 78.6 Å². The average molecular weight is 361 g/mol. The van der Waals surface area contributed by atoms with Crippen molar-refractivity contribution in [2.24, 2.45) is 0 Å². The van der Waals surface area contributed by atoms with Gasteiger partial charge in [-0.2, -0.15) is 0 Å². The zero-order chi connectivity index (χ0) is 18.6. The predicted octanol–water partition coefficient (Wildman–Crippen LogP) is 2.87. The van der Waals surface area contributed by atoms with Gasteiger partial charge >= 0.3 is 0 Å². The van der Waals surface area contributed by atoms with Crippen LogP contribution in [0.5, 0.6) is 0 Å². The fourth-order valence-corrected chi connectivity index (χ4v) is 3.54. The maximum Gasteiger partial charge on any atom is 0.108 e. The highest BCUT2D eigenvalue weighted by atomic mass is 16.3. The lowest BCUT2D eigenvalue weighted by Gasteiger charge is -2.16. The highest BCUT2D eigenvalue weighted by Gasteiger charge is 2.14. The molecule has 5 heteroatoms. The SMILES string of the molecule is OC(CNCC(O)c1ccccn1)Cn1c2ccccc2c2ccccc21. The quantitative estimate of drug-likeness (QED) is 0.473. The lowest BCUT2D eigenvalue weighted by Crippen LogP contribution is -2.33. The van der Waals surface area contributed by atoms with Crippen molar-refractivity contribution in [3.8, 4) is 0 Å². The van der Waals surface area contributed by atoms with Gasteiger partial charge in [-0.1, -0.05) is 42.5 Å². The third-order valence-corrected chi connectivity index (χ3v) is 4.82. The van der Waals surface area contributed by atoms with E-state index in [0.717, 1.165) is 11.0 Å². The Kier molecular flexibility index (Phi) is 5.16. The number of nitrogens with zero attached hydrogens (tertiary/aromatic N) is 2. The lowest BCUT2D eigenvalue weighted by molar-refractivity contribution is 0.134. The van der Waals surface area contributed by atoms with E-state index < -0.39 is 12.2 Å². The molecule has 2 aromatic carbocycles. The number of pyridine rings is 1. The van der Waals surface area contributed by atoms with Gasteiger partial charge in [-0.05, 0) is 24.3 Å². The van der Waals surface area contributed by atoms with Crippen LogP contribution in [0.15, 0.2) is 72.9 Å². The highest BCUT2D eigenvalue weighted by molar-refractivity contribution is 6.07. The fourth-order valence-electron chi connectivity index (χ4n) is 3.54. The minimum atomic E-state index is -0.688. The van der Waals surface area contributed by atoms with Crippen LogP contribution in [0.4, 0.5) is 0 Å². The zero-order valence-electron chi connectivity index (χ0n) is 15.0. The number of aromatic nitrogens is 2. The molecule has 2 unspecified atom stereocenters. The van der Waals surface area contributed by atoms with E-state index in [1.54, 1.807) is 12.3 Å². The number of hydrogen-bond acceptors (Lipinski definition) is 4. The van der Waals surface area contributed by atoms with Crippen LogP contribution in [0, 0.1) is 0 Å². The van der Waals surface area contributed by atoms with Gasteiger partial charge in [0.2, 0.25) is 0 Å². The third kappa shape index (κ3) is 3.71. The van der Waals surface area contributed by atoms with Crippen LogP contribution in [-0.4, -0.2) is 39.0 Å². The molecule has 138 valence electrons. The monoisotopic (exact) mass is 361 g/mol. The van der Waals surface area contributed by atoms with Gasteiger partial charge in [0.05, 0.1) is 18.3 Å². The van der Waals surface area contributed by atoms with Crippen molar-refractivity contribution in [1.82, 2.24) is 14.9 Å². The molecular weight excluding hydrogens is 338 g/mol. The molecule has 0 saturated heterocycles. The molecule has 5 nitrogen and oxygen atoms in total. The van der Waals surface area contributed by atoms with Gasteiger partial charge < -0.3 is 20.1 Å². The van der Waals surface area contributed by atoms with Gasteiger partial charge in [0.15, 0.2) is 0 Å². The third-order valence-electron chi connectivity index (χ3n) is 4.82. The summed E-state index contributed by atoms with van der Waals surface area (Å²) in [4.78, 5) is 4.15. The van der Waals surface area contributed by atoms with E-state index in [-0.39, 0.29) is 0 Å². The van der Waals surface area contributed by atoms with Crippen LogP contribution < -0.4 is 5.32 Å². The summed E-state index contributed by atoms with van der Waals surface area (Å²) in [6.45, 7) is 1.23. The number of benzene rings is 2.